The number of nitrogens with one attached hydrogen (secondary N) is 1. The second-order valence-corrected chi connectivity index (χ2v) is 10.2. The average Bonchev–Trinajstić information content (AvgIpc) is 3.44. The molecule has 1 aromatic heterocycles. The van der Waals surface area contributed by atoms with Crippen molar-refractivity contribution in [3.63, 3.8) is 0 Å². The summed E-state index contributed by atoms with van der Waals surface area (Å²) < 4.78 is 13.4. The van der Waals surface area contributed by atoms with Crippen molar-refractivity contribution in [3.8, 4) is 11.5 Å². The highest BCUT2D eigenvalue weighted by Crippen LogP contribution is 2.33. The molecule has 2 N–H and O–H groups in total. The Labute approximate surface area is 251 Å². The summed E-state index contributed by atoms with van der Waals surface area (Å²) in [7, 11) is 1.67. The maximum Gasteiger partial charge on any atom is 0.303 e. The first-order valence-electron chi connectivity index (χ1n) is 14.2. The number of anilines is 1. The lowest BCUT2D eigenvalue weighted by Crippen LogP contribution is -2.11. The number of aliphatic carboxylic acids is 1. The van der Waals surface area contributed by atoms with Crippen molar-refractivity contribution in [3.05, 3.63) is 132 Å². The van der Waals surface area contributed by atoms with Gasteiger partial charge in [-0.05, 0) is 78.1 Å². The summed E-state index contributed by atoms with van der Waals surface area (Å²) in [6.45, 7) is 2.16. The van der Waals surface area contributed by atoms with Crippen molar-refractivity contribution in [2.75, 3.05) is 19.0 Å². The molecule has 0 fully saturated rings. The van der Waals surface area contributed by atoms with E-state index >= 15 is 0 Å². The number of benzene rings is 4. The number of methoxy groups -OCH3 is 1. The highest BCUT2D eigenvalue weighted by molar-refractivity contribution is 6.05. The molecule has 0 aliphatic rings. The molecule has 1 atom stereocenters. The van der Waals surface area contributed by atoms with Gasteiger partial charge in [0.2, 0.25) is 5.91 Å². The number of carboxylic acid groups (broad SMARTS) is 1. The van der Waals surface area contributed by atoms with Gasteiger partial charge >= 0.3 is 5.97 Å². The largest absolute Gasteiger partial charge is 0.497 e. The van der Waals surface area contributed by atoms with E-state index in [4.69, 9.17) is 14.6 Å². The van der Waals surface area contributed by atoms with Crippen molar-refractivity contribution in [2.45, 2.75) is 25.8 Å². The van der Waals surface area contributed by atoms with Crippen LogP contribution in [0.2, 0.25) is 0 Å². The van der Waals surface area contributed by atoms with Crippen LogP contribution in [0.25, 0.3) is 16.5 Å². The van der Waals surface area contributed by atoms with E-state index in [1.165, 1.54) is 5.56 Å². The van der Waals surface area contributed by atoms with Crippen molar-refractivity contribution in [1.29, 1.82) is 0 Å². The molecule has 0 radical (unpaired) electrons. The van der Waals surface area contributed by atoms with Crippen LogP contribution in [0.4, 0.5) is 5.69 Å². The highest BCUT2D eigenvalue weighted by Gasteiger charge is 2.18. The van der Waals surface area contributed by atoms with Gasteiger partial charge in [-0.1, -0.05) is 60.7 Å². The number of carboxylic acids is 1. The number of amides is 1. The first kappa shape index (κ1) is 29.2. The van der Waals surface area contributed by atoms with E-state index in [1.807, 2.05) is 43.3 Å². The van der Waals surface area contributed by atoms with Gasteiger partial charge in [0.05, 0.1) is 25.4 Å². The number of para-hydroxylation sites is 2. The minimum absolute atomic E-state index is 0.0238. The van der Waals surface area contributed by atoms with Crippen LogP contribution in [0.5, 0.6) is 11.5 Å². The zero-order valence-electron chi connectivity index (χ0n) is 24.2. The van der Waals surface area contributed by atoms with Crippen LogP contribution in [-0.4, -0.2) is 35.3 Å². The Morgan fingerprint density at radius 1 is 0.907 bits per heavy atom. The van der Waals surface area contributed by atoms with Crippen LogP contribution in [0.3, 0.4) is 0 Å². The Bertz CT molecular complexity index is 1740. The Balaban J connectivity index is 1.36. The number of fused-ring (bicyclic) bond motifs is 1. The van der Waals surface area contributed by atoms with Gasteiger partial charge in [0.15, 0.2) is 0 Å². The molecule has 4 aromatic carbocycles. The third kappa shape index (κ3) is 7.13. The molecule has 0 spiro atoms. The molecule has 43 heavy (non-hydrogen) atoms. The van der Waals surface area contributed by atoms with Crippen LogP contribution in [-0.2, 0) is 9.59 Å². The van der Waals surface area contributed by atoms with Crippen LogP contribution in [0.1, 0.15) is 42.5 Å². The highest BCUT2D eigenvalue weighted by atomic mass is 16.5. The van der Waals surface area contributed by atoms with E-state index in [0.29, 0.717) is 17.9 Å². The maximum absolute atomic E-state index is 13.0. The fourth-order valence-corrected chi connectivity index (χ4v) is 5.12. The van der Waals surface area contributed by atoms with Gasteiger partial charge in [-0.2, -0.15) is 0 Å². The standard InChI is InChI=1S/C36H34N2O5/c1-25(23-34(39)37-31-11-6-7-12-33(31)43-22-8-13-35(40)41)28-16-19-32-29(24-28)20-21-38(32)36(26-9-4-3-5-10-26)27-14-17-30(42-2)18-15-27/h3-7,9-12,14-21,23-24,36H,8,13,22H2,1-2H3,(H,37,39)(H,40,41)/b25-23+. The lowest BCUT2D eigenvalue weighted by molar-refractivity contribution is -0.137. The van der Waals surface area contributed by atoms with Gasteiger partial charge < -0.3 is 24.5 Å². The molecule has 0 saturated heterocycles. The van der Waals surface area contributed by atoms with E-state index in [0.717, 1.165) is 33.4 Å². The molecule has 0 bridgehead atoms. The molecule has 0 aliphatic carbocycles. The van der Waals surface area contributed by atoms with E-state index in [-0.39, 0.29) is 25.0 Å². The molecular weight excluding hydrogens is 540 g/mol. The summed E-state index contributed by atoms with van der Waals surface area (Å²) >= 11 is 0. The number of allylic oxidation sites excluding steroid dienone is 1. The number of ether oxygens (including phenoxy) is 2. The SMILES string of the molecule is COc1ccc(C(c2ccccc2)n2ccc3cc(/C(C)=C/C(=O)Nc4ccccc4OCCCC(=O)O)ccc32)cc1. The first-order valence-corrected chi connectivity index (χ1v) is 14.2. The average molecular weight is 575 g/mol. The molecule has 7 heteroatoms. The van der Waals surface area contributed by atoms with Crippen molar-refractivity contribution in [1.82, 2.24) is 4.57 Å². The van der Waals surface area contributed by atoms with E-state index in [9.17, 15) is 9.59 Å². The number of aromatic nitrogens is 1. The van der Waals surface area contributed by atoms with Gasteiger partial charge in [-0.3, -0.25) is 9.59 Å². The molecule has 5 rings (SSSR count). The first-order chi connectivity index (χ1) is 20.9. The minimum atomic E-state index is -0.867. The lowest BCUT2D eigenvalue weighted by Gasteiger charge is -2.22. The van der Waals surface area contributed by atoms with Crippen molar-refractivity contribution >= 4 is 34.0 Å². The van der Waals surface area contributed by atoms with Gasteiger partial charge in [0.1, 0.15) is 11.5 Å². The Morgan fingerprint density at radius 2 is 1.63 bits per heavy atom. The summed E-state index contributed by atoms with van der Waals surface area (Å²) in [5.41, 5.74) is 5.70. The maximum atomic E-state index is 13.0. The summed E-state index contributed by atoms with van der Waals surface area (Å²) in [6.07, 6.45) is 4.09. The fraction of sp³-hybridized carbons (Fsp3) is 0.167. The summed E-state index contributed by atoms with van der Waals surface area (Å²) in [4.78, 5) is 23.7. The topological polar surface area (TPSA) is 89.8 Å². The molecule has 1 heterocycles. The number of carbonyl (C=O) groups is 2. The minimum Gasteiger partial charge on any atom is -0.497 e. The molecule has 0 saturated carbocycles. The van der Waals surface area contributed by atoms with Crippen molar-refractivity contribution < 1.29 is 24.2 Å². The van der Waals surface area contributed by atoms with Gasteiger partial charge in [-0.15, -0.1) is 0 Å². The Hall–Kier alpha value is -5.30. The normalized spacial score (nSPS) is 12.1. The zero-order valence-corrected chi connectivity index (χ0v) is 24.2. The number of hydrogen-bond acceptors (Lipinski definition) is 4. The lowest BCUT2D eigenvalue weighted by atomic mass is 9.98. The van der Waals surface area contributed by atoms with E-state index < -0.39 is 5.97 Å². The smallest absolute Gasteiger partial charge is 0.303 e. The molecule has 1 amide bonds. The molecule has 5 aromatic rings. The van der Waals surface area contributed by atoms with Crippen molar-refractivity contribution in [2.24, 2.45) is 0 Å². The van der Waals surface area contributed by atoms with Crippen LogP contribution >= 0.6 is 0 Å². The monoisotopic (exact) mass is 574 g/mol. The third-order valence-electron chi connectivity index (χ3n) is 7.29. The quantitative estimate of drug-likeness (QED) is 0.118. The predicted octanol–water partition coefficient (Wildman–Crippen LogP) is 7.57. The van der Waals surface area contributed by atoms with Crippen LogP contribution < -0.4 is 14.8 Å². The molecule has 1 unspecified atom stereocenters. The number of carbonyl (C=O) groups excluding carboxylic acids is 1. The Kier molecular flexibility index (Phi) is 9.22. The second-order valence-electron chi connectivity index (χ2n) is 10.2. The fourth-order valence-electron chi connectivity index (χ4n) is 5.12. The molecular formula is C36H34N2O5. The van der Waals surface area contributed by atoms with Crippen LogP contribution in [0, 0.1) is 0 Å². The van der Waals surface area contributed by atoms with Gasteiger partial charge in [-0.25, -0.2) is 0 Å². The molecule has 218 valence electrons. The van der Waals surface area contributed by atoms with Gasteiger partial charge in [0, 0.05) is 29.6 Å². The molecule has 0 aliphatic heterocycles. The number of hydrogen-bond donors (Lipinski definition) is 2. The number of nitrogens with zero attached hydrogens (tertiary/aromatic N) is 1. The summed E-state index contributed by atoms with van der Waals surface area (Å²) in [5, 5.41) is 12.8. The predicted molar refractivity (Wildman–Crippen MR) is 170 cm³/mol. The second kappa shape index (κ2) is 13.6. The zero-order chi connectivity index (χ0) is 30.2. The summed E-state index contributed by atoms with van der Waals surface area (Å²) in [6, 6.07) is 34.0. The third-order valence-corrected chi connectivity index (χ3v) is 7.29. The van der Waals surface area contributed by atoms with E-state index in [2.05, 4.69) is 70.7 Å². The molecule has 7 nitrogen and oxygen atoms in total. The van der Waals surface area contributed by atoms with Crippen LogP contribution in [0.15, 0.2) is 115 Å². The Morgan fingerprint density at radius 3 is 2.37 bits per heavy atom. The summed E-state index contributed by atoms with van der Waals surface area (Å²) in [5.74, 6) is 0.171. The van der Waals surface area contributed by atoms with E-state index in [1.54, 1.807) is 25.3 Å². The number of rotatable bonds is 12. The van der Waals surface area contributed by atoms with Gasteiger partial charge in [0.25, 0.3) is 0 Å².